The van der Waals surface area contributed by atoms with Crippen molar-refractivity contribution in [3.05, 3.63) is 29.3 Å². The van der Waals surface area contributed by atoms with E-state index in [9.17, 15) is 13.2 Å². The molecular formula is C15H20F3NO. The minimum absolute atomic E-state index is 0.256. The van der Waals surface area contributed by atoms with E-state index in [0.717, 1.165) is 5.56 Å². The normalized spacial score (nSPS) is 18.5. The molecule has 0 saturated heterocycles. The van der Waals surface area contributed by atoms with Gasteiger partial charge in [0, 0.05) is 6.42 Å². The van der Waals surface area contributed by atoms with Gasteiger partial charge >= 0.3 is 6.18 Å². The average molecular weight is 287 g/mol. The van der Waals surface area contributed by atoms with Crippen molar-refractivity contribution in [2.45, 2.75) is 51.4 Å². The fourth-order valence-electron chi connectivity index (χ4n) is 2.52. The lowest BCUT2D eigenvalue weighted by atomic mass is 9.97. The number of ether oxygens (including phenoxy) is 1. The summed E-state index contributed by atoms with van der Waals surface area (Å²) in [4.78, 5) is 0. The van der Waals surface area contributed by atoms with E-state index < -0.39 is 12.2 Å². The molecule has 0 aliphatic carbocycles. The quantitative estimate of drug-likeness (QED) is 0.903. The van der Waals surface area contributed by atoms with Crippen LogP contribution in [0, 0.1) is 0 Å². The molecule has 1 aromatic rings. The monoisotopic (exact) mass is 287 g/mol. The molecule has 1 aliphatic heterocycles. The Bertz CT molecular complexity index is 482. The maximum Gasteiger partial charge on any atom is 0.407 e. The van der Waals surface area contributed by atoms with Crippen LogP contribution in [0.4, 0.5) is 13.2 Å². The van der Waals surface area contributed by atoms with Gasteiger partial charge in [0.2, 0.25) is 0 Å². The van der Waals surface area contributed by atoms with Crippen LogP contribution < -0.4 is 10.1 Å². The topological polar surface area (TPSA) is 21.3 Å². The maximum absolute atomic E-state index is 13.1. The number of alkyl halides is 3. The minimum atomic E-state index is -4.29. The van der Waals surface area contributed by atoms with Crippen molar-refractivity contribution < 1.29 is 17.9 Å². The molecule has 0 aromatic heterocycles. The van der Waals surface area contributed by atoms with Crippen LogP contribution in [0.3, 0.4) is 0 Å². The zero-order valence-electron chi connectivity index (χ0n) is 12.0. The summed E-state index contributed by atoms with van der Waals surface area (Å²) in [6.07, 6.45) is -3.00. The molecule has 2 nitrogen and oxygen atoms in total. The van der Waals surface area contributed by atoms with E-state index in [1.165, 1.54) is 6.07 Å². The van der Waals surface area contributed by atoms with Crippen molar-refractivity contribution in [2.24, 2.45) is 0 Å². The molecule has 1 N–H and O–H groups in total. The van der Waals surface area contributed by atoms with Gasteiger partial charge in [0.05, 0.1) is 0 Å². The molecule has 1 heterocycles. The van der Waals surface area contributed by atoms with Crippen LogP contribution in [0.25, 0.3) is 0 Å². The molecule has 5 heteroatoms. The second-order valence-electron chi connectivity index (χ2n) is 5.83. The predicted molar refractivity (Wildman–Crippen MR) is 71.9 cm³/mol. The lowest BCUT2D eigenvalue weighted by Gasteiger charge is -2.22. The summed E-state index contributed by atoms with van der Waals surface area (Å²) in [5.74, 6) is 0.690. The van der Waals surface area contributed by atoms with Gasteiger partial charge in [0.25, 0.3) is 0 Å². The Morgan fingerprint density at radius 3 is 2.65 bits per heavy atom. The van der Waals surface area contributed by atoms with Gasteiger partial charge in [0.15, 0.2) is 0 Å². The molecule has 1 aromatic carbocycles. The molecule has 1 unspecified atom stereocenters. The molecule has 20 heavy (non-hydrogen) atoms. The Balaban J connectivity index is 2.28. The Hall–Kier alpha value is -1.23. The number of hydrogen-bond donors (Lipinski definition) is 1. The van der Waals surface area contributed by atoms with E-state index in [1.54, 1.807) is 12.1 Å². The molecule has 1 atom stereocenters. The zero-order chi connectivity index (χ0) is 15.0. The highest BCUT2D eigenvalue weighted by molar-refractivity contribution is 5.43. The first-order valence-corrected chi connectivity index (χ1v) is 6.85. The van der Waals surface area contributed by atoms with Crippen LogP contribution in [0.2, 0.25) is 0 Å². The minimum Gasteiger partial charge on any atom is -0.487 e. The average Bonchev–Trinajstić information content (AvgIpc) is 2.61. The first-order chi connectivity index (χ1) is 9.23. The maximum atomic E-state index is 13.1. The molecule has 0 saturated carbocycles. The Morgan fingerprint density at radius 1 is 1.35 bits per heavy atom. The zero-order valence-corrected chi connectivity index (χ0v) is 12.0. The van der Waals surface area contributed by atoms with E-state index in [2.05, 4.69) is 5.32 Å². The molecule has 0 spiro atoms. The van der Waals surface area contributed by atoms with Crippen LogP contribution in [0.1, 0.15) is 44.4 Å². The molecule has 0 bridgehead atoms. The second kappa shape index (κ2) is 5.28. The number of rotatable bonds is 4. The number of hydrogen-bond acceptors (Lipinski definition) is 2. The number of fused-ring (bicyclic) bond motifs is 1. The van der Waals surface area contributed by atoms with Crippen molar-refractivity contribution in [1.82, 2.24) is 5.32 Å². The molecule has 0 fully saturated rings. The Kier molecular flexibility index (Phi) is 4.00. The summed E-state index contributed by atoms with van der Waals surface area (Å²) in [6, 6.07) is 3.15. The van der Waals surface area contributed by atoms with Crippen molar-refractivity contribution in [3.63, 3.8) is 0 Å². The highest BCUT2D eigenvalue weighted by atomic mass is 19.4. The van der Waals surface area contributed by atoms with Crippen molar-refractivity contribution in [2.75, 3.05) is 6.54 Å². The smallest absolute Gasteiger partial charge is 0.407 e. The van der Waals surface area contributed by atoms with Crippen LogP contribution in [0.5, 0.6) is 5.75 Å². The summed E-state index contributed by atoms with van der Waals surface area (Å²) < 4.78 is 45.1. The predicted octanol–water partition coefficient (Wildman–Crippen LogP) is 4.00. The fourth-order valence-corrected chi connectivity index (χ4v) is 2.52. The standard InChI is InChI=1S/C15H20F3NO/c1-4-7-19-13(15(16,17)18)10-5-6-12-11(8-10)9-14(2,3)20-12/h5-6,8,13,19H,4,7,9H2,1-3H3. The molecule has 1 aliphatic rings. The number of halogens is 3. The molecule has 0 radical (unpaired) electrons. The van der Waals surface area contributed by atoms with Gasteiger partial charge in [-0.15, -0.1) is 0 Å². The second-order valence-corrected chi connectivity index (χ2v) is 5.83. The van der Waals surface area contributed by atoms with Crippen molar-refractivity contribution >= 4 is 0 Å². The van der Waals surface area contributed by atoms with Gasteiger partial charge in [-0.05, 0) is 44.0 Å². The lowest BCUT2D eigenvalue weighted by molar-refractivity contribution is -0.157. The van der Waals surface area contributed by atoms with Gasteiger partial charge in [0.1, 0.15) is 17.4 Å². The van der Waals surface area contributed by atoms with Gasteiger partial charge in [-0.1, -0.05) is 19.1 Å². The van der Waals surface area contributed by atoms with Crippen molar-refractivity contribution in [1.29, 1.82) is 0 Å². The number of nitrogens with one attached hydrogen (secondary N) is 1. The van der Waals surface area contributed by atoms with Crippen LogP contribution >= 0.6 is 0 Å². The summed E-state index contributed by atoms with van der Waals surface area (Å²) in [6.45, 7) is 6.05. The van der Waals surface area contributed by atoms with Crippen molar-refractivity contribution in [3.8, 4) is 5.75 Å². The van der Waals surface area contributed by atoms with E-state index in [4.69, 9.17) is 4.74 Å². The number of benzene rings is 1. The molecular weight excluding hydrogens is 267 g/mol. The molecule has 2 rings (SSSR count). The largest absolute Gasteiger partial charge is 0.487 e. The molecule has 112 valence electrons. The summed E-state index contributed by atoms with van der Waals surface area (Å²) in [5.41, 5.74) is 0.761. The third-order valence-corrected chi connectivity index (χ3v) is 3.35. The summed E-state index contributed by atoms with van der Waals surface area (Å²) in [7, 11) is 0. The van der Waals surface area contributed by atoms with Crippen LogP contribution in [0.15, 0.2) is 18.2 Å². The Morgan fingerprint density at radius 2 is 2.05 bits per heavy atom. The first-order valence-electron chi connectivity index (χ1n) is 6.85. The SMILES string of the molecule is CCCNC(c1ccc2c(c1)CC(C)(C)O2)C(F)(F)F. The van der Waals surface area contributed by atoms with E-state index in [0.29, 0.717) is 25.1 Å². The van der Waals surface area contributed by atoms with Crippen LogP contribution in [-0.2, 0) is 6.42 Å². The lowest BCUT2D eigenvalue weighted by Crippen LogP contribution is -2.34. The third-order valence-electron chi connectivity index (χ3n) is 3.35. The summed E-state index contributed by atoms with van der Waals surface area (Å²) in [5, 5.41) is 2.57. The van der Waals surface area contributed by atoms with E-state index in [-0.39, 0.29) is 11.2 Å². The van der Waals surface area contributed by atoms with Gasteiger partial charge in [-0.3, -0.25) is 0 Å². The molecule has 0 amide bonds. The van der Waals surface area contributed by atoms with Crippen LogP contribution in [-0.4, -0.2) is 18.3 Å². The van der Waals surface area contributed by atoms with Gasteiger partial charge in [-0.2, -0.15) is 13.2 Å². The van der Waals surface area contributed by atoms with Gasteiger partial charge in [-0.25, -0.2) is 0 Å². The Labute approximate surface area is 117 Å². The van der Waals surface area contributed by atoms with Gasteiger partial charge < -0.3 is 10.1 Å². The highest BCUT2D eigenvalue weighted by Gasteiger charge is 2.41. The first kappa shape index (κ1) is 15.2. The van der Waals surface area contributed by atoms with E-state index >= 15 is 0 Å². The third kappa shape index (κ3) is 3.26. The fraction of sp³-hybridized carbons (Fsp3) is 0.600. The highest BCUT2D eigenvalue weighted by Crippen LogP contribution is 2.39. The van der Waals surface area contributed by atoms with E-state index in [1.807, 2.05) is 20.8 Å². The summed E-state index contributed by atoms with van der Waals surface area (Å²) >= 11 is 0.